The summed E-state index contributed by atoms with van der Waals surface area (Å²) >= 11 is 0. The van der Waals surface area contributed by atoms with Crippen molar-refractivity contribution < 1.29 is 13.2 Å². The number of hydrogen-bond donors (Lipinski definition) is 1. The Morgan fingerprint density at radius 2 is 1.81 bits per heavy atom. The van der Waals surface area contributed by atoms with Gasteiger partial charge in [-0.05, 0) is 43.4 Å². The van der Waals surface area contributed by atoms with Crippen LogP contribution in [0.5, 0.6) is 0 Å². The summed E-state index contributed by atoms with van der Waals surface area (Å²) in [6.07, 6.45) is 0.814. The van der Waals surface area contributed by atoms with Crippen molar-refractivity contribution >= 4 is 25.6 Å². The fraction of sp³-hybridized carbons (Fsp3) is 0.533. The second-order valence-corrected chi connectivity index (χ2v) is 8.14. The van der Waals surface area contributed by atoms with Gasteiger partial charge in [-0.15, -0.1) is 0 Å². The molecule has 6 heteroatoms. The zero-order valence-electron chi connectivity index (χ0n) is 13.0. The smallest absolute Gasteiger partial charge is 0.261 e. The number of aryl methyl sites for hydroxylation is 2. The summed E-state index contributed by atoms with van der Waals surface area (Å²) in [5.41, 5.74) is 1.61. The SMILES string of the molecule is CCC(NC(=O)c1cc(S(=O)(=O)Cl)c(C)cc1C)C(C)C. The molecule has 0 aliphatic heterocycles. The van der Waals surface area contributed by atoms with Crippen LogP contribution < -0.4 is 5.32 Å². The molecule has 1 aromatic carbocycles. The van der Waals surface area contributed by atoms with Gasteiger partial charge in [0.15, 0.2) is 0 Å². The van der Waals surface area contributed by atoms with E-state index in [0.717, 1.165) is 12.0 Å². The lowest BCUT2D eigenvalue weighted by molar-refractivity contribution is 0.0924. The maximum atomic E-state index is 12.4. The zero-order valence-corrected chi connectivity index (χ0v) is 14.6. The van der Waals surface area contributed by atoms with E-state index in [1.165, 1.54) is 6.07 Å². The third-order valence-corrected chi connectivity index (χ3v) is 5.05. The van der Waals surface area contributed by atoms with Crippen LogP contribution in [0.1, 0.15) is 48.7 Å². The average Bonchev–Trinajstić information content (AvgIpc) is 2.33. The molecule has 1 atom stereocenters. The molecule has 118 valence electrons. The van der Waals surface area contributed by atoms with Gasteiger partial charge in [0.25, 0.3) is 15.0 Å². The van der Waals surface area contributed by atoms with Crippen molar-refractivity contribution in [3.05, 3.63) is 28.8 Å². The molecule has 1 aromatic rings. The maximum absolute atomic E-state index is 12.4. The van der Waals surface area contributed by atoms with E-state index < -0.39 is 9.05 Å². The lowest BCUT2D eigenvalue weighted by Gasteiger charge is -2.21. The van der Waals surface area contributed by atoms with E-state index in [9.17, 15) is 13.2 Å². The van der Waals surface area contributed by atoms with E-state index >= 15 is 0 Å². The molecule has 0 bridgehead atoms. The van der Waals surface area contributed by atoms with Crippen LogP contribution in [-0.2, 0) is 9.05 Å². The predicted octanol–water partition coefficient (Wildman–Crippen LogP) is 3.40. The first-order valence-corrected chi connectivity index (χ1v) is 9.25. The molecule has 0 saturated carbocycles. The normalized spacial score (nSPS) is 13.3. The molecule has 0 spiro atoms. The maximum Gasteiger partial charge on any atom is 0.261 e. The molecule has 0 aromatic heterocycles. The quantitative estimate of drug-likeness (QED) is 0.841. The number of hydrogen-bond acceptors (Lipinski definition) is 3. The summed E-state index contributed by atoms with van der Waals surface area (Å²) in [5.74, 6) is 0.0375. The average molecular weight is 332 g/mol. The number of nitrogens with one attached hydrogen (secondary N) is 1. The van der Waals surface area contributed by atoms with Gasteiger partial charge in [-0.25, -0.2) is 8.42 Å². The first-order valence-electron chi connectivity index (χ1n) is 6.94. The van der Waals surface area contributed by atoms with Crippen LogP contribution in [0.2, 0.25) is 0 Å². The molecule has 0 aliphatic rings. The van der Waals surface area contributed by atoms with Crippen LogP contribution in [0.15, 0.2) is 17.0 Å². The molecule has 1 amide bonds. The fourth-order valence-electron chi connectivity index (χ4n) is 2.33. The Labute approximate surface area is 131 Å². The summed E-state index contributed by atoms with van der Waals surface area (Å²) in [5, 5.41) is 2.94. The number of halogens is 1. The predicted molar refractivity (Wildman–Crippen MR) is 85.3 cm³/mol. The molecular weight excluding hydrogens is 310 g/mol. The molecule has 1 rings (SSSR count). The number of carbonyl (C=O) groups is 1. The summed E-state index contributed by atoms with van der Waals surface area (Å²) in [6.45, 7) is 9.51. The van der Waals surface area contributed by atoms with Gasteiger partial charge < -0.3 is 5.32 Å². The third-order valence-electron chi connectivity index (χ3n) is 3.59. The van der Waals surface area contributed by atoms with Crippen LogP contribution in [0.3, 0.4) is 0 Å². The Balaban J connectivity index is 3.22. The minimum absolute atomic E-state index is 0.0162. The Bertz CT molecular complexity index is 639. The van der Waals surface area contributed by atoms with Gasteiger partial charge in [0.2, 0.25) is 0 Å². The molecular formula is C15H22ClNO3S. The van der Waals surface area contributed by atoms with Gasteiger partial charge in [0.05, 0.1) is 4.90 Å². The van der Waals surface area contributed by atoms with Crippen molar-refractivity contribution in [2.24, 2.45) is 5.92 Å². The fourth-order valence-corrected chi connectivity index (χ4v) is 3.53. The van der Waals surface area contributed by atoms with Gasteiger partial charge >= 0.3 is 0 Å². The molecule has 0 heterocycles. The molecule has 1 unspecified atom stereocenters. The summed E-state index contributed by atoms with van der Waals surface area (Å²) in [6, 6.07) is 3.07. The van der Waals surface area contributed by atoms with E-state index in [2.05, 4.69) is 5.32 Å². The summed E-state index contributed by atoms with van der Waals surface area (Å²) < 4.78 is 23.1. The topological polar surface area (TPSA) is 63.2 Å². The Morgan fingerprint density at radius 3 is 2.24 bits per heavy atom. The van der Waals surface area contributed by atoms with E-state index in [4.69, 9.17) is 10.7 Å². The standard InChI is InChI=1S/C15H22ClNO3S/c1-6-13(9(2)3)17-15(18)12-8-14(21(16,19)20)11(5)7-10(12)4/h7-9,13H,6H2,1-5H3,(H,17,18). The van der Waals surface area contributed by atoms with Gasteiger partial charge in [0, 0.05) is 22.3 Å². The van der Waals surface area contributed by atoms with Gasteiger partial charge in [-0.3, -0.25) is 4.79 Å². The van der Waals surface area contributed by atoms with E-state index in [0.29, 0.717) is 17.0 Å². The van der Waals surface area contributed by atoms with Crippen molar-refractivity contribution in [1.29, 1.82) is 0 Å². The highest BCUT2D eigenvalue weighted by molar-refractivity contribution is 8.13. The van der Waals surface area contributed by atoms with Gasteiger partial charge in [-0.2, -0.15) is 0 Å². The minimum atomic E-state index is -3.86. The van der Waals surface area contributed by atoms with Crippen molar-refractivity contribution in [3.63, 3.8) is 0 Å². The summed E-state index contributed by atoms with van der Waals surface area (Å²) in [4.78, 5) is 12.4. The highest BCUT2D eigenvalue weighted by Crippen LogP contribution is 2.24. The van der Waals surface area contributed by atoms with Crippen molar-refractivity contribution in [1.82, 2.24) is 5.32 Å². The molecule has 0 saturated heterocycles. The molecule has 4 nitrogen and oxygen atoms in total. The Morgan fingerprint density at radius 1 is 1.24 bits per heavy atom. The number of benzene rings is 1. The van der Waals surface area contributed by atoms with Crippen LogP contribution in [0, 0.1) is 19.8 Å². The first kappa shape index (κ1) is 18.0. The van der Waals surface area contributed by atoms with Crippen molar-refractivity contribution in [2.45, 2.75) is 52.0 Å². The van der Waals surface area contributed by atoms with Gasteiger partial charge in [-0.1, -0.05) is 26.8 Å². The monoisotopic (exact) mass is 331 g/mol. The molecule has 1 N–H and O–H groups in total. The first-order chi connectivity index (χ1) is 9.57. The van der Waals surface area contributed by atoms with E-state index in [1.54, 1.807) is 19.9 Å². The second-order valence-electron chi connectivity index (χ2n) is 5.60. The Hall–Kier alpha value is -1.07. The van der Waals surface area contributed by atoms with E-state index in [-0.39, 0.29) is 16.8 Å². The van der Waals surface area contributed by atoms with Crippen LogP contribution in [0.4, 0.5) is 0 Å². The van der Waals surface area contributed by atoms with Crippen LogP contribution in [0.25, 0.3) is 0 Å². The number of amides is 1. The summed E-state index contributed by atoms with van der Waals surface area (Å²) in [7, 11) is 1.55. The second kappa shape index (κ2) is 6.79. The highest BCUT2D eigenvalue weighted by atomic mass is 35.7. The van der Waals surface area contributed by atoms with Crippen LogP contribution in [-0.4, -0.2) is 20.4 Å². The lowest BCUT2D eigenvalue weighted by Crippen LogP contribution is -2.38. The van der Waals surface area contributed by atoms with Crippen molar-refractivity contribution in [2.75, 3.05) is 0 Å². The molecule has 0 fully saturated rings. The third kappa shape index (κ3) is 4.45. The Kier molecular flexibility index (Phi) is 5.82. The molecule has 0 radical (unpaired) electrons. The number of carbonyl (C=O) groups excluding carboxylic acids is 1. The van der Waals surface area contributed by atoms with Gasteiger partial charge in [0.1, 0.15) is 0 Å². The molecule has 0 aliphatic carbocycles. The number of rotatable bonds is 5. The van der Waals surface area contributed by atoms with E-state index in [1.807, 2.05) is 20.8 Å². The van der Waals surface area contributed by atoms with Crippen molar-refractivity contribution in [3.8, 4) is 0 Å². The largest absolute Gasteiger partial charge is 0.349 e. The van der Waals surface area contributed by atoms with Crippen LogP contribution >= 0.6 is 10.7 Å². The highest BCUT2D eigenvalue weighted by Gasteiger charge is 2.21. The zero-order chi connectivity index (χ0) is 16.4. The lowest BCUT2D eigenvalue weighted by atomic mass is 10.00. The minimum Gasteiger partial charge on any atom is -0.349 e. The molecule has 21 heavy (non-hydrogen) atoms.